The first-order chi connectivity index (χ1) is 9.22. The Morgan fingerprint density at radius 1 is 1.68 bits per heavy atom. The Labute approximate surface area is 116 Å². The van der Waals surface area contributed by atoms with Crippen LogP contribution in [0.15, 0.2) is 17.3 Å². The molecule has 0 radical (unpaired) electrons. The molecule has 1 aromatic rings. The van der Waals surface area contributed by atoms with Crippen molar-refractivity contribution in [2.45, 2.75) is 30.9 Å². The predicted molar refractivity (Wildman–Crippen MR) is 74.3 cm³/mol. The maximum Gasteiger partial charge on any atom is 0.340 e. The largest absolute Gasteiger partial charge is 0.462 e. The first kappa shape index (κ1) is 14.1. The zero-order valence-corrected chi connectivity index (χ0v) is 11.7. The molecule has 0 spiro atoms. The van der Waals surface area contributed by atoms with E-state index in [1.165, 1.54) is 11.8 Å². The summed E-state index contributed by atoms with van der Waals surface area (Å²) in [7, 11) is 0. The standard InChI is InChI=1S/C13H18N2O3S/c1-2-17-13(16)10-5-6-15-12(11(10)14)19-8-9-4-3-7-18-9/h5-6,9H,2-4,7-8,14H2,1H3. The van der Waals surface area contributed by atoms with Gasteiger partial charge in [-0.05, 0) is 25.8 Å². The first-order valence-corrected chi connectivity index (χ1v) is 7.37. The number of nitrogen functional groups attached to an aromatic ring is 1. The van der Waals surface area contributed by atoms with Crippen molar-refractivity contribution in [1.29, 1.82) is 0 Å². The van der Waals surface area contributed by atoms with Gasteiger partial charge in [-0.1, -0.05) is 0 Å². The summed E-state index contributed by atoms with van der Waals surface area (Å²) < 4.78 is 10.5. The van der Waals surface area contributed by atoms with Crippen LogP contribution in [0.2, 0.25) is 0 Å². The van der Waals surface area contributed by atoms with Gasteiger partial charge in [0.15, 0.2) is 0 Å². The fraction of sp³-hybridized carbons (Fsp3) is 0.538. The van der Waals surface area contributed by atoms with E-state index in [9.17, 15) is 4.79 Å². The minimum absolute atomic E-state index is 0.262. The molecule has 1 aliphatic rings. The van der Waals surface area contributed by atoms with Gasteiger partial charge < -0.3 is 15.2 Å². The first-order valence-electron chi connectivity index (χ1n) is 6.38. The molecule has 1 aromatic heterocycles. The van der Waals surface area contributed by atoms with Crippen LogP contribution in [-0.2, 0) is 9.47 Å². The van der Waals surface area contributed by atoms with Gasteiger partial charge in [-0.3, -0.25) is 0 Å². The summed E-state index contributed by atoms with van der Waals surface area (Å²) in [5.41, 5.74) is 6.75. The van der Waals surface area contributed by atoms with Crippen LogP contribution in [0.25, 0.3) is 0 Å². The van der Waals surface area contributed by atoms with Crippen LogP contribution >= 0.6 is 11.8 Å². The second-order valence-corrected chi connectivity index (χ2v) is 5.25. The molecule has 1 fully saturated rings. The van der Waals surface area contributed by atoms with E-state index in [-0.39, 0.29) is 6.10 Å². The van der Waals surface area contributed by atoms with E-state index in [0.29, 0.717) is 22.9 Å². The van der Waals surface area contributed by atoms with Crippen molar-refractivity contribution in [3.05, 3.63) is 17.8 Å². The highest BCUT2D eigenvalue weighted by molar-refractivity contribution is 7.99. The van der Waals surface area contributed by atoms with Gasteiger partial charge in [-0.15, -0.1) is 11.8 Å². The molecule has 0 aromatic carbocycles. The zero-order chi connectivity index (χ0) is 13.7. The topological polar surface area (TPSA) is 74.4 Å². The number of nitrogens with zero attached hydrogens (tertiary/aromatic N) is 1. The maximum atomic E-state index is 11.7. The lowest BCUT2D eigenvalue weighted by atomic mass is 10.2. The van der Waals surface area contributed by atoms with Gasteiger partial charge in [0, 0.05) is 18.6 Å². The number of nitrogens with two attached hydrogens (primary N) is 1. The van der Waals surface area contributed by atoms with Crippen LogP contribution in [0, 0.1) is 0 Å². The molecule has 0 amide bonds. The van der Waals surface area contributed by atoms with Crippen molar-refractivity contribution in [3.63, 3.8) is 0 Å². The number of ether oxygens (including phenoxy) is 2. The second kappa shape index (κ2) is 6.77. The Bertz CT molecular complexity index is 448. The molecular formula is C13H18N2O3S. The lowest BCUT2D eigenvalue weighted by molar-refractivity contribution is 0.0527. The highest BCUT2D eigenvalue weighted by Crippen LogP contribution is 2.28. The van der Waals surface area contributed by atoms with Gasteiger partial charge in [0.2, 0.25) is 0 Å². The normalized spacial score (nSPS) is 18.5. The monoisotopic (exact) mass is 282 g/mol. The minimum Gasteiger partial charge on any atom is -0.462 e. The van der Waals surface area contributed by atoms with E-state index in [1.54, 1.807) is 19.2 Å². The number of pyridine rings is 1. The highest BCUT2D eigenvalue weighted by atomic mass is 32.2. The Morgan fingerprint density at radius 3 is 3.21 bits per heavy atom. The van der Waals surface area contributed by atoms with E-state index < -0.39 is 5.97 Å². The van der Waals surface area contributed by atoms with Crippen molar-refractivity contribution in [1.82, 2.24) is 4.98 Å². The van der Waals surface area contributed by atoms with Gasteiger partial charge in [0.25, 0.3) is 0 Å². The molecule has 0 saturated carbocycles. The Balaban J connectivity index is 2.03. The smallest absolute Gasteiger partial charge is 0.340 e. The summed E-state index contributed by atoms with van der Waals surface area (Å²) in [6, 6.07) is 1.59. The molecule has 2 heterocycles. The molecule has 1 unspecified atom stereocenters. The lowest BCUT2D eigenvalue weighted by Crippen LogP contribution is -2.11. The van der Waals surface area contributed by atoms with Gasteiger partial charge in [-0.2, -0.15) is 0 Å². The van der Waals surface area contributed by atoms with Crippen molar-refractivity contribution in [3.8, 4) is 0 Å². The molecule has 5 nitrogen and oxygen atoms in total. The molecule has 1 saturated heterocycles. The van der Waals surface area contributed by atoms with E-state index in [2.05, 4.69) is 4.98 Å². The SMILES string of the molecule is CCOC(=O)c1ccnc(SCC2CCCO2)c1N. The minimum atomic E-state index is -0.402. The average molecular weight is 282 g/mol. The second-order valence-electron chi connectivity index (χ2n) is 4.24. The lowest BCUT2D eigenvalue weighted by Gasteiger charge is -2.11. The average Bonchev–Trinajstić information content (AvgIpc) is 2.91. The zero-order valence-electron chi connectivity index (χ0n) is 10.9. The molecule has 2 N–H and O–H groups in total. The fourth-order valence-corrected chi connectivity index (χ4v) is 2.91. The summed E-state index contributed by atoms with van der Waals surface area (Å²) in [4.78, 5) is 15.9. The Morgan fingerprint density at radius 2 is 2.53 bits per heavy atom. The van der Waals surface area contributed by atoms with Crippen LogP contribution < -0.4 is 5.73 Å². The molecule has 19 heavy (non-hydrogen) atoms. The van der Waals surface area contributed by atoms with Gasteiger partial charge >= 0.3 is 5.97 Å². The molecule has 0 bridgehead atoms. The third-order valence-corrected chi connectivity index (χ3v) is 4.02. The Kier molecular flexibility index (Phi) is 5.04. The number of esters is 1. The summed E-state index contributed by atoms with van der Waals surface area (Å²) >= 11 is 1.53. The summed E-state index contributed by atoms with van der Waals surface area (Å²) in [6.07, 6.45) is 4.03. The van der Waals surface area contributed by atoms with Crippen LogP contribution in [0.5, 0.6) is 0 Å². The molecule has 1 atom stereocenters. The van der Waals surface area contributed by atoms with Crippen molar-refractivity contribution >= 4 is 23.4 Å². The number of aromatic nitrogens is 1. The van der Waals surface area contributed by atoms with E-state index in [0.717, 1.165) is 25.2 Å². The number of anilines is 1. The number of hydrogen-bond donors (Lipinski definition) is 1. The van der Waals surface area contributed by atoms with Crippen molar-refractivity contribution in [2.75, 3.05) is 24.7 Å². The van der Waals surface area contributed by atoms with Crippen LogP contribution in [0.1, 0.15) is 30.1 Å². The third kappa shape index (κ3) is 3.61. The predicted octanol–water partition coefficient (Wildman–Crippen LogP) is 2.11. The molecule has 6 heteroatoms. The number of carbonyl (C=O) groups excluding carboxylic acids is 1. The molecular weight excluding hydrogens is 264 g/mol. The number of thioether (sulfide) groups is 1. The van der Waals surface area contributed by atoms with E-state index >= 15 is 0 Å². The van der Waals surface area contributed by atoms with E-state index in [4.69, 9.17) is 15.2 Å². The van der Waals surface area contributed by atoms with Crippen LogP contribution in [0.3, 0.4) is 0 Å². The molecule has 104 valence electrons. The fourth-order valence-electron chi connectivity index (χ4n) is 1.90. The molecule has 0 aliphatic carbocycles. The molecule has 1 aliphatic heterocycles. The van der Waals surface area contributed by atoms with Crippen molar-refractivity contribution in [2.24, 2.45) is 0 Å². The Hall–Kier alpha value is -1.27. The maximum absolute atomic E-state index is 11.7. The molecule has 2 rings (SSSR count). The van der Waals surface area contributed by atoms with Crippen LogP contribution in [0.4, 0.5) is 5.69 Å². The summed E-state index contributed by atoms with van der Waals surface area (Å²) in [6.45, 7) is 2.93. The quantitative estimate of drug-likeness (QED) is 0.658. The van der Waals surface area contributed by atoms with Gasteiger partial charge in [0.1, 0.15) is 5.03 Å². The van der Waals surface area contributed by atoms with Crippen LogP contribution in [-0.4, -0.2) is 36.0 Å². The van der Waals surface area contributed by atoms with Gasteiger partial charge in [-0.25, -0.2) is 9.78 Å². The number of rotatable bonds is 5. The highest BCUT2D eigenvalue weighted by Gasteiger charge is 2.19. The number of hydrogen-bond acceptors (Lipinski definition) is 6. The summed E-state index contributed by atoms with van der Waals surface area (Å²) in [5.74, 6) is 0.407. The van der Waals surface area contributed by atoms with Crippen molar-refractivity contribution < 1.29 is 14.3 Å². The van der Waals surface area contributed by atoms with Gasteiger partial charge in [0.05, 0.1) is 24.0 Å². The summed E-state index contributed by atoms with van der Waals surface area (Å²) in [5, 5.41) is 0.668. The number of carbonyl (C=O) groups is 1. The third-order valence-electron chi connectivity index (χ3n) is 2.88. The van der Waals surface area contributed by atoms with E-state index in [1.807, 2.05) is 0 Å².